The molecule has 49 heavy (non-hydrogen) atoms. The van der Waals surface area contributed by atoms with E-state index < -0.39 is 0 Å². The molecule has 1 heterocycles. The standard InChI is InChI=1S/C35H50N5O8P/c1-39(31(42)11-6-12-33(44)49)16-18-46-20-22-48-24-23-47-21-19-45-17-14-30(41)38-15-13-32(43)40-25-26-7-2-3-8-27(26)34(36)35(37)28-9-4-5-10-29(28)40/h2-5,7-10H,6,11-25,36-37,49H2,1H3,(H,38,41)/b35-34-. The molecule has 0 fully saturated rings. The Kier molecular flexibility index (Phi) is 17.7. The van der Waals surface area contributed by atoms with Crippen LogP contribution in [0.15, 0.2) is 48.5 Å². The van der Waals surface area contributed by atoms with Gasteiger partial charge in [-0.2, -0.15) is 0 Å². The maximum absolute atomic E-state index is 13.4. The highest BCUT2D eigenvalue weighted by molar-refractivity contribution is 7.40. The molecular weight excluding hydrogens is 649 g/mol. The highest BCUT2D eigenvalue weighted by Gasteiger charge is 2.25. The van der Waals surface area contributed by atoms with Gasteiger partial charge < -0.3 is 45.5 Å². The number of rotatable bonds is 22. The van der Waals surface area contributed by atoms with Gasteiger partial charge in [0.05, 0.1) is 76.5 Å². The van der Waals surface area contributed by atoms with Crippen molar-refractivity contribution in [1.29, 1.82) is 0 Å². The minimum atomic E-state index is -0.204. The smallest absolute Gasteiger partial charge is 0.229 e. The Labute approximate surface area is 290 Å². The van der Waals surface area contributed by atoms with E-state index in [2.05, 4.69) is 14.6 Å². The molecule has 0 radical (unpaired) electrons. The van der Waals surface area contributed by atoms with Crippen LogP contribution in [0.25, 0.3) is 11.4 Å². The van der Waals surface area contributed by atoms with Gasteiger partial charge in [-0.25, -0.2) is 0 Å². The fourth-order valence-electron chi connectivity index (χ4n) is 5.02. The van der Waals surface area contributed by atoms with Gasteiger partial charge >= 0.3 is 0 Å². The number of carbonyl (C=O) groups is 4. The zero-order valence-corrected chi connectivity index (χ0v) is 29.5. The van der Waals surface area contributed by atoms with Crippen LogP contribution in [0.5, 0.6) is 0 Å². The second kappa shape index (κ2) is 22.0. The van der Waals surface area contributed by atoms with Gasteiger partial charge in [-0.3, -0.25) is 19.2 Å². The van der Waals surface area contributed by atoms with Crippen LogP contribution in [0.3, 0.4) is 0 Å². The number of anilines is 1. The molecule has 13 nitrogen and oxygen atoms in total. The summed E-state index contributed by atoms with van der Waals surface area (Å²) in [4.78, 5) is 51.9. The van der Waals surface area contributed by atoms with Crippen LogP contribution in [-0.2, 0) is 44.7 Å². The Hall–Kier alpha value is -3.87. The lowest BCUT2D eigenvalue weighted by Gasteiger charge is -2.29. The largest absolute Gasteiger partial charge is 0.397 e. The minimum Gasteiger partial charge on any atom is -0.397 e. The van der Waals surface area contributed by atoms with Crippen molar-refractivity contribution in [2.75, 3.05) is 77.9 Å². The quantitative estimate of drug-likeness (QED) is 0.122. The molecule has 0 aromatic heterocycles. The molecule has 5 N–H and O–H groups in total. The number of fused-ring (bicyclic) bond motifs is 2. The minimum absolute atomic E-state index is 0.00568. The number of nitrogens with zero attached hydrogens (tertiary/aromatic N) is 2. The normalized spacial score (nSPS) is 14.0. The number of hydrogen-bond donors (Lipinski definition) is 3. The maximum atomic E-state index is 13.4. The molecule has 0 spiro atoms. The summed E-state index contributed by atoms with van der Waals surface area (Å²) in [6, 6.07) is 15.0. The molecule has 1 aliphatic heterocycles. The monoisotopic (exact) mass is 699 g/mol. The first-order valence-corrected chi connectivity index (χ1v) is 17.1. The van der Waals surface area contributed by atoms with Gasteiger partial charge in [0.2, 0.25) is 17.7 Å². The van der Waals surface area contributed by atoms with Crippen LogP contribution in [0.1, 0.15) is 48.8 Å². The summed E-state index contributed by atoms with van der Waals surface area (Å²) in [5.41, 5.74) is 16.8. The van der Waals surface area contributed by atoms with Gasteiger partial charge in [0.15, 0.2) is 0 Å². The third kappa shape index (κ3) is 13.9. The number of ether oxygens (including phenoxy) is 4. The number of amides is 3. The van der Waals surface area contributed by atoms with E-state index >= 15 is 0 Å². The Balaban J connectivity index is 1.20. The van der Waals surface area contributed by atoms with E-state index in [1.54, 1.807) is 16.8 Å². The summed E-state index contributed by atoms with van der Waals surface area (Å²) in [6.45, 7) is 3.98. The summed E-state index contributed by atoms with van der Waals surface area (Å²) in [6.07, 6.45) is 1.57. The summed E-state index contributed by atoms with van der Waals surface area (Å²) in [5, 5.41) is 2.80. The van der Waals surface area contributed by atoms with Crippen LogP contribution < -0.4 is 21.7 Å². The molecule has 3 amide bonds. The van der Waals surface area contributed by atoms with Gasteiger partial charge in [0, 0.05) is 56.9 Å². The number of benzene rings is 2. The second-order valence-electron chi connectivity index (χ2n) is 11.4. The lowest BCUT2D eigenvalue weighted by molar-refractivity contribution is -0.130. The highest BCUT2D eigenvalue weighted by Crippen LogP contribution is 2.33. The molecule has 14 heteroatoms. The van der Waals surface area contributed by atoms with Crippen molar-refractivity contribution in [1.82, 2.24) is 10.2 Å². The van der Waals surface area contributed by atoms with E-state index in [1.807, 2.05) is 48.5 Å². The highest BCUT2D eigenvalue weighted by atomic mass is 31.0. The van der Waals surface area contributed by atoms with Gasteiger partial charge in [0.25, 0.3) is 0 Å². The number of carbonyl (C=O) groups excluding carboxylic acids is 4. The van der Waals surface area contributed by atoms with Crippen LogP contribution in [0.2, 0.25) is 0 Å². The van der Waals surface area contributed by atoms with E-state index in [0.717, 1.165) is 11.1 Å². The molecular formula is C35H50N5O8P. The van der Waals surface area contributed by atoms with Crippen molar-refractivity contribution in [3.8, 4) is 0 Å². The zero-order valence-electron chi connectivity index (χ0n) is 28.3. The number of nitrogens with one attached hydrogen (secondary N) is 1. The Morgan fingerprint density at radius 3 is 2.00 bits per heavy atom. The second-order valence-corrected chi connectivity index (χ2v) is 12.1. The van der Waals surface area contributed by atoms with Gasteiger partial charge in [-0.15, -0.1) is 0 Å². The van der Waals surface area contributed by atoms with E-state index in [1.165, 1.54) is 0 Å². The molecule has 2 aromatic carbocycles. The van der Waals surface area contributed by atoms with Crippen molar-refractivity contribution < 1.29 is 38.1 Å². The predicted molar refractivity (Wildman–Crippen MR) is 191 cm³/mol. The van der Waals surface area contributed by atoms with Crippen LogP contribution in [0, 0.1) is 0 Å². The molecule has 0 saturated heterocycles. The van der Waals surface area contributed by atoms with Crippen molar-refractivity contribution in [3.63, 3.8) is 0 Å². The van der Waals surface area contributed by atoms with Crippen LogP contribution in [-0.4, -0.2) is 101 Å². The lowest BCUT2D eigenvalue weighted by atomic mass is 9.96. The first-order valence-electron chi connectivity index (χ1n) is 16.5. The molecule has 2 aromatic rings. The predicted octanol–water partition coefficient (Wildman–Crippen LogP) is 2.27. The molecule has 3 rings (SSSR count). The fourth-order valence-corrected chi connectivity index (χ4v) is 5.22. The summed E-state index contributed by atoms with van der Waals surface area (Å²) in [5.74, 6) is -0.353. The fraction of sp³-hybridized carbons (Fsp3) is 0.486. The average molecular weight is 700 g/mol. The molecule has 0 saturated carbocycles. The van der Waals surface area contributed by atoms with Crippen molar-refractivity contribution in [2.45, 2.75) is 38.6 Å². The van der Waals surface area contributed by atoms with Crippen molar-refractivity contribution >= 4 is 49.6 Å². The lowest BCUT2D eigenvalue weighted by Crippen LogP contribution is -2.36. The first kappa shape index (κ1) is 39.6. The molecule has 0 bridgehead atoms. The molecule has 0 aliphatic carbocycles. The molecule has 1 atom stereocenters. The maximum Gasteiger partial charge on any atom is 0.229 e. The van der Waals surface area contributed by atoms with E-state index in [0.29, 0.717) is 101 Å². The Morgan fingerprint density at radius 2 is 1.33 bits per heavy atom. The third-order valence-electron chi connectivity index (χ3n) is 7.77. The van der Waals surface area contributed by atoms with Gasteiger partial charge in [-0.05, 0) is 18.1 Å². The number of likely N-dealkylation sites (N-methyl/N-ethyl adjacent to an activating group) is 1. The Bertz CT molecular complexity index is 1420. The Morgan fingerprint density at radius 1 is 0.755 bits per heavy atom. The van der Waals surface area contributed by atoms with E-state index in [9.17, 15) is 19.2 Å². The average Bonchev–Trinajstić information content (AvgIpc) is 3.09. The molecule has 1 aliphatic rings. The van der Waals surface area contributed by atoms with E-state index in [-0.39, 0.29) is 49.2 Å². The topological polar surface area (TPSA) is 176 Å². The van der Waals surface area contributed by atoms with Crippen LogP contribution >= 0.6 is 9.24 Å². The SMILES string of the molecule is CN(CCOCCOCCOCCOCCC(=O)NCCC(=O)N1Cc2ccccc2/C(N)=C(/N)c2ccccc21)C(=O)CCCC(=O)P. The summed E-state index contributed by atoms with van der Waals surface area (Å²) in [7, 11) is 3.84. The van der Waals surface area contributed by atoms with Crippen molar-refractivity contribution in [3.05, 3.63) is 65.2 Å². The number of hydrogen-bond acceptors (Lipinski definition) is 10. The van der Waals surface area contributed by atoms with E-state index in [4.69, 9.17) is 30.4 Å². The zero-order chi connectivity index (χ0) is 35.4. The van der Waals surface area contributed by atoms with Crippen LogP contribution in [0.4, 0.5) is 5.69 Å². The van der Waals surface area contributed by atoms with Gasteiger partial charge in [0.1, 0.15) is 5.52 Å². The first-order chi connectivity index (χ1) is 23.7. The van der Waals surface area contributed by atoms with Gasteiger partial charge in [-0.1, -0.05) is 51.7 Å². The number of para-hydroxylation sites is 1. The third-order valence-corrected chi connectivity index (χ3v) is 8.06. The summed E-state index contributed by atoms with van der Waals surface area (Å²) < 4.78 is 21.9. The molecule has 268 valence electrons. The van der Waals surface area contributed by atoms with Crippen molar-refractivity contribution in [2.24, 2.45) is 11.5 Å². The summed E-state index contributed by atoms with van der Waals surface area (Å²) >= 11 is 0. The number of nitrogens with two attached hydrogens (primary N) is 2. The molecule has 1 unspecified atom stereocenters.